The number of hydrogen-bond donors (Lipinski definition) is 1. The van der Waals surface area contributed by atoms with E-state index in [1.54, 1.807) is 4.57 Å². The smallest absolute Gasteiger partial charge is 0.273 e. The van der Waals surface area contributed by atoms with E-state index in [1.165, 1.54) is 0 Å². The first-order valence-corrected chi connectivity index (χ1v) is 7.89. The zero-order chi connectivity index (χ0) is 14.3. The van der Waals surface area contributed by atoms with E-state index < -0.39 is 15.6 Å². The van der Waals surface area contributed by atoms with E-state index in [-0.39, 0.29) is 11.1 Å². The molecule has 2 heterocycles. The number of rotatable bonds is 4. The molecule has 1 aromatic heterocycles. The second kappa shape index (κ2) is 4.84. The second-order valence-corrected chi connectivity index (χ2v) is 6.99. The Bertz CT molecular complexity index is 558. The van der Waals surface area contributed by atoms with Crippen LogP contribution in [0.4, 0.5) is 0 Å². The van der Waals surface area contributed by atoms with Crippen LogP contribution in [0.15, 0.2) is 5.16 Å². The monoisotopic (exact) mass is 288 g/mol. The Balaban J connectivity index is 2.53. The Morgan fingerprint density at radius 1 is 1.47 bits per heavy atom. The lowest BCUT2D eigenvalue weighted by molar-refractivity contribution is 0.00534. The molecule has 0 aromatic carbocycles. The molecule has 108 valence electrons. The summed E-state index contributed by atoms with van der Waals surface area (Å²) in [5.74, 6) is 0.794. The highest BCUT2D eigenvalue weighted by Gasteiger charge is 2.38. The first-order chi connectivity index (χ1) is 8.74. The SMILES string of the molecule is CC(C)Cn1c(C2(C)CCCO2)nnc1S(N)(=O)=O. The molecular weight excluding hydrogens is 268 g/mol. The van der Waals surface area contributed by atoms with Gasteiger partial charge in [-0.05, 0) is 25.7 Å². The Hall–Kier alpha value is -0.990. The van der Waals surface area contributed by atoms with Crippen molar-refractivity contribution in [2.45, 2.75) is 50.9 Å². The van der Waals surface area contributed by atoms with E-state index in [2.05, 4.69) is 10.2 Å². The maximum atomic E-state index is 11.6. The van der Waals surface area contributed by atoms with Gasteiger partial charge >= 0.3 is 0 Å². The van der Waals surface area contributed by atoms with E-state index in [9.17, 15) is 8.42 Å². The fourth-order valence-electron chi connectivity index (χ4n) is 2.38. The predicted molar refractivity (Wildman–Crippen MR) is 68.8 cm³/mol. The summed E-state index contributed by atoms with van der Waals surface area (Å²) < 4.78 is 30.5. The summed E-state index contributed by atoms with van der Waals surface area (Å²) in [6.45, 7) is 7.04. The van der Waals surface area contributed by atoms with Gasteiger partial charge in [-0.1, -0.05) is 13.8 Å². The van der Waals surface area contributed by atoms with Crippen molar-refractivity contribution in [1.82, 2.24) is 14.8 Å². The number of nitrogens with two attached hydrogens (primary N) is 1. The summed E-state index contributed by atoms with van der Waals surface area (Å²) in [4.78, 5) is 0. The van der Waals surface area contributed by atoms with Crippen LogP contribution in [0.2, 0.25) is 0 Å². The molecule has 19 heavy (non-hydrogen) atoms. The van der Waals surface area contributed by atoms with Crippen LogP contribution < -0.4 is 5.14 Å². The van der Waals surface area contributed by atoms with Crippen LogP contribution in [0.25, 0.3) is 0 Å². The summed E-state index contributed by atoms with van der Waals surface area (Å²) >= 11 is 0. The fraction of sp³-hybridized carbons (Fsp3) is 0.818. The minimum atomic E-state index is -3.88. The Morgan fingerprint density at radius 2 is 2.16 bits per heavy atom. The largest absolute Gasteiger partial charge is 0.367 e. The number of sulfonamides is 1. The number of aromatic nitrogens is 3. The van der Waals surface area contributed by atoms with E-state index in [1.807, 2.05) is 20.8 Å². The molecule has 1 fully saturated rings. The van der Waals surface area contributed by atoms with Gasteiger partial charge in [0.2, 0.25) is 0 Å². The molecule has 2 N–H and O–H groups in total. The molecular formula is C11H20N4O3S. The molecule has 1 aliphatic rings. The van der Waals surface area contributed by atoms with Crippen molar-refractivity contribution in [1.29, 1.82) is 0 Å². The average molecular weight is 288 g/mol. The summed E-state index contributed by atoms with van der Waals surface area (Å²) in [5.41, 5.74) is -0.579. The highest BCUT2D eigenvalue weighted by Crippen LogP contribution is 2.35. The van der Waals surface area contributed by atoms with Gasteiger partial charge in [-0.15, -0.1) is 10.2 Å². The Kier molecular flexibility index (Phi) is 3.67. The van der Waals surface area contributed by atoms with Crippen LogP contribution in [-0.2, 0) is 26.9 Å². The molecule has 0 saturated carbocycles. The summed E-state index contributed by atoms with van der Waals surface area (Å²) in [6, 6.07) is 0. The lowest BCUT2D eigenvalue weighted by Gasteiger charge is -2.23. The molecule has 2 rings (SSSR count). The average Bonchev–Trinajstić information content (AvgIpc) is 2.83. The number of primary sulfonamides is 1. The molecule has 0 amide bonds. The standard InChI is InChI=1S/C11H20N4O3S/c1-8(2)7-15-9(11(3)5-4-6-18-11)13-14-10(15)19(12,16)17/h8H,4-7H2,1-3H3,(H2,12,16,17). The summed E-state index contributed by atoms with van der Waals surface area (Å²) in [6.07, 6.45) is 1.73. The van der Waals surface area contributed by atoms with Crippen molar-refractivity contribution < 1.29 is 13.2 Å². The van der Waals surface area contributed by atoms with Crippen molar-refractivity contribution in [3.05, 3.63) is 5.82 Å². The first kappa shape index (κ1) is 14.4. The van der Waals surface area contributed by atoms with Crippen molar-refractivity contribution in [2.24, 2.45) is 11.1 Å². The molecule has 8 heteroatoms. The topological polar surface area (TPSA) is 100 Å². The maximum absolute atomic E-state index is 11.6. The molecule has 1 aromatic rings. The van der Waals surface area contributed by atoms with Gasteiger partial charge in [-0.2, -0.15) is 0 Å². The van der Waals surface area contributed by atoms with Gasteiger partial charge < -0.3 is 4.74 Å². The van der Waals surface area contributed by atoms with Crippen LogP contribution in [0.3, 0.4) is 0 Å². The Labute approximate surface area is 113 Å². The molecule has 0 bridgehead atoms. The van der Waals surface area contributed by atoms with Gasteiger partial charge in [0.1, 0.15) is 5.60 Å². The molecule has 0 spiro atoms. The summed E-state index contributed by atoms with van der Waals surface area (Å²) in [5, 5.41) is 12.8. The summed E-state index contributed by atoms with van der Waals surface area (Å²) in [7, 11) is -3.88. The lowest BCUT2D eigenvalue weighted by atomic mass is 10.0. The molecule has 1 saturated heterocycles. The number of ether oxygens (including phenoxy) is 1. The first-order valence-electron chi connectivity index (χ1n) is 6.34. The van der Waals surface area contributed by atoms with E-state index in [0.29, 0.717) is 19.0 Å². The molecule has 1 atom stereocenters. The molecule has 0 radical (unpaired) electrons. The molecule has 1 aliphatic heterocycles. The normalized spacial score (nSPS) is 24.3. The highest BCUT2D eigenvalue weighted by molar-refractivity contribution is 7.89. The van der Waals surface area contributed by atoms with Gasteiger partial charge in [0, 0.05) is 13.2 Å². The zero-order valence-electron chi connectivity index (χ0n) is 11.5. The third-order valence-corrected chi connectivity index (χ3v) is 4.02. The van der Waals surface area contributed by atoms with Crippen molar-refractivity contribution in [3.63, 3.8) is 0 Å². The van der Waals surface area contributed by atoms with Gasteiger partial charge in [0.05, 0.1) is 0 Å². The van der Waals surface area contributed by atoms with Gasteiger partial charge in [0.15, 0.2) is 5.82 Å². The maximum Gasteiger partial charge on any atom is 0.273 e. The van der Waals surface area contributed by atoms with Crippen molar-refractivity contribution >= 4 is 10.0 Å². The quantitative estimate of drug-likeness (QED) is 0.874. The van der Waals surface area contributed by atoms with Gasteiger partial charge in [-0.3, -0.25) is 4.57 Å². The van der Waals surface area contributed by atoms with Crippen LogP contribution in [0.5, 0.6) is 0 Å². The number of nitrogens with zero attached hydrogens (tertiary/aromatic N) is 3. The van der Waals surface area contributed by atoms with Gasteiger partial charge in [0.25, 0.3) is 15.2 Å². The number of hydrogen-bond acceptors (Lipinski definition) is 5. The fourth-order valence-corrected chi connectivity index (χ4v) is 3.00. The van der Waals surface area contributed by atoms with Crippen LogP contribution in [-0.4, -0.2) is 29.8 Å². The minimum Gasteiger partial charge on any atom is -0.367 e. The molecule has 0 aliphatic carbocycles. The van der Waals surface area contributed by atoms with Gasteiger partial charge in [-0.25, -0.2) is 13.6 Å². The van der Waals surface area contributed by atoms with E-state index in [0.717, 1.165) is 12.8 Å². The predicted octanol–water partition coefficient (Wildman–Crippen LogP) is 0.607. The Morgan fingerprint density at radius 3 is 2.63 bits per heavy atom. The third-order valence-electron chi connectivity index (χ3n) is 3.21. The van der Waals surface area contributed by atoms with Crippen LogP contribution in [0, 0.1) is 5.92 Å². The highest BCUT2D eigenvalue weighted by atomic mass is 32.2. The second-order valence-electron chi connectivity index (χ2n) is 5.54. The van der Waals surface area contributed by atoms with E-state index >= 15 is 0 Å². The molecule has 1 unspecified atom stereocenters. The lowest BCUT2D eigenvalue weighted by Crippen LogP contribution is -2.28. The minimum absolute atomic E-state index is 0.187. The van der Waals surface area contributed by atoms with Crippen LogP contribution >= 0.6 is 0 Å². The van der Waals surface area contributed by atoms with E-state index in [4.69, 9.17) is 9.88 Å². The van der Waals surface area contributed by atoms with Crippen LogP contribution in [0.1, 0.15) is 39.4 Å². The zero-order valence-corrected chi connectivity index (χ0v) is 12.3. The van der Waals surface area contributed by atoms with Crippen molar-refractivity contribution in [2.75, 3.05) is 6.61 Å². The molecule has 7 nitrogen and oxygen atoms in total. The van der Waals surface area contributed by atoms with Crippen molar-refractivity contribution in [3.8, 4) is 0 Å². The third kappa shape index (κ3) is 2.80.